The molecule has 1 aromatic heterocycles. The summed E-state index contributed by atoms with van der Waals surface area (Å²) < 4.78 is 16.6. The van der Waals surface area contributed by atoms with Crippen LogP contribution in [0.5, 0.6) is 0 Å². The zero-order valence-corrected chi connectivity index (χ0v) is 24.1. The topological polar surface area (TPSA) is 56.6 Å². The van der Waals surface area contributed by atoms with Crippen LogP contribution in [-0.2, 0) is 0 Å². The van der Waals surface area contributed by atoms with Gasteiger partial charge in [-0.05, 0) is 62.6 Å². The van der Waals surface area contributed by atoms with Crippen molar-refractivity contribution in [3.05, 3.63) is 114 Å². The fourth-order valence-electron chi connectivity index (χ4n) is 4.85. The van der Waals surface area contributed by atoms with Crippen LogP contribution in [-0.4, -0.2) is 36.6 Å². The van der Waals surface area contributed by atoms with Gasteiger partial charge in [-0.2, -0.15) is 0 Å². The third kappa shape index (κ3) is 7.10. The number of anilines is 2. The first-order valence-corrected chi connectivity index (χ1v) is 13.9. The maximum absolute atomic E-state index is 14.6. The zero-order chi connectivity index (χ0) is 28.6. The number of aliphatic imine (C=N–C) groups is 1. The monoisotopic (exact) mass is 540 g/mol. The Kier molecular flexibility index (Phi) is 9.61. The highest BCUT2D eigenvalue weighted by atomic mass is 19.1. The van der Waals surface area contributed by atoms with Crippen LogP contribution >= 0.6 is 0 Å². The maximum Gasteiger partial charge on any atom is 0.146 e. The van der Waals surface area contributed by atoms with Crippen molar-refractivity contribution in [3.8, 4) is 0 Å². The minimum Gasteiger partial charge on any atom is -0.378 e. The number of piperazine rings is 1. The summed E-state index contributed by atoms with van der Waals surface area (Å²) in [5.74, 6) is 0.981. The van der Waals surface area contributed by atoms with E-state index in [0.717, 1.165) is 61.0 Å². The van der Waals surface area contributed by atoms with Crippen LogP contribution in [0.2, 0.25) is 0 Å². The van der Waals surface area contributed by atoms with E-state index >= 15 is 0 Å². The molecule has 0 bridgehead atoms. The van der Waals surface area contributed by atoms with E-state index in [-0.39, 0.29) is 11.9 Å². The van der Waals surface area contributed by atoms with Crippen LogP contribution in [0.1, 0.15) is 49.9 Å². The molecule has 1 aliphatic heterocycles. The van der Waals surface area contributed by atoms with Crippen molar-refractivity contribution in [2.75, 3.05) is 36.4 Å². The molecular formula is C33H41FN6. The van der Waals surface area contributed by atoms with Crippen molar-refractivity contribution >= 4 is 22.9 Å². The Morgan fingerprint density at radius 1 is 1.15 bits per heavy atom. The molecule has 3 N–H and O–H groups in total. The molecule has 1 atom stereocenters. The van der Waals surface area contributed by atoms with Gasteiger partial charge in [-0.15, -0.1) is 0 Å². The van der Waals surface area contributed by atoms with Crippen LogP contribution in [0.25, 0.3) is 5.70 Å². The van der Waals surface area contributed by atoms with Gasteiger partial charge in [0.2, 0.25) is 0 Å². The van der Waals surface area contributed by atoms with Crippen molar-refractivity contribution in [2.45, 2.75) is 40.2 Å². The summed E-state index contributed by atoms with van der Waals surface area (Å²) in [7, 11) is 0. The zero-order valence-electron chi connectivity index (χ0n) is 24.1. The lowest BCUT2D eigenvalue weighted by atomic mass is 10.0. The fourth-order valence-corrected chi connectivity index (χ4v) is 4.85. The summed E-state index contributed by atoms with van der Waals surface area (Å²) in [6.45, 7) is 20.0. The van der Waals surface area contributed by atoms with Crippen molar-refractivity contribution in [2.24, 2.45) is 4.99 Å². The van der Waals surface area contributed by atoms with E-state index in [1.54, 1.807) is 6.07 Å². The SMILES string of the molecule is C=C(N=C(/C(C)=C\C)n1ccc(C(=C)NC(CC)c2cccc(C)c2)c1)Nc1ccc(F)c(N2CCNCC2)c1. The maximum atomic E-state index is 14.6. The van der Waals surface area contributed by atoms with Crippen molar-refractivity contribution in [3.63, 3.8) is 0 Å². The van der Waals surface area contributed by atoms with Crippen LogP contribution < -0.4 is 20.9 Å². The average Bonchev–Trinajstić information content (AvgIpc) is 3.46. The van der Waals surface area contributed by atoms with Gasteiger partial charge in [0.1, 0.15) is 17.5 Å². The Labute approximate surface area is 238 Å². The van der Waals surface area contributed by atoms with Gasteiger partial charge < -0.3 is 25.4 Å². The van der Waals surface area contributed by atoms with Crippen molar-refractivity contribution in [1.29, 1.82) is 0 Å². The number of allylic oxidation sites excluding steroid dienone is 2. The van der Waals surface area contributed by atoms with Gasteiger partial charge in [0.15, 0.2) is 0 Å². The molecule has 1 fully saturated rings. The molecule has 0 radical (unpaired) electrons. The van der Waals surface area contributed by atoms with Gasteiger partial charge in [0.25, 0.3) is 0 Å². The van der Waals surface area contributed by atoms with E-state index in [4.69, 9.17) is 4.99 Å². The number of rotatable bonds is 10. The number of nitrogens with one attached hydrogen (secondary N) is 3. The second-order valence-corrected chi connectivity index (χ2v) is 10.2. The van der Waals surface area contributed by atoms with Gasteiger partial charge >= 0.3 is 0 Å². The summed E-state index contributed by atoms with van der Waals surface area (Å²) in [6.07, 6.45) is 6.97. The smallest absolute Gasteiger partial charge is 0.146 e. The van der Waals surface area contributed by atoms with E-state index < -0.39 is 0 Å². The molecule has 7 heteroatoms. The minimum atomic E-state index is -0.228. The Morgan fingerprint density at radius 2 is 1.93 bits per heavy atom. The summed E-state index contributed by atoms with van der Waals surface area (Å²) in [6, 6.07) is 15.8. The molecule has 2 heterocycles. The van der Waals surface area contributed by atoms with E-state index in [0.29, 0.717) is 11.5 Å². The first kappa shape index (κ1) is 28.9. The number of aromatic nitrogens is 1. The Bertz CT molecular complexity index is 1410. The van der Waals surface area contributed by atoms with E-state index in [2.05, 4.69) is 72.1 Å². The van der Waals surface area contributed by atoms with Gasteiger partial charge in [-0.3, -0.25) is 0 Å². The first-order valence-electron chi connectivity index (χ1n) is 13.9. The lowest BCUT2D eigenvalue weighted by Gasteiger charge is -2.30. The third-order valence-electron chi connectivity index (χ3n) is 7.21. The van der Waals surface area contributed by atoms with E-state index in [1.807, 2.05) is 49.0 Å². The molecule has 1 saturated heterocycles. The molecule has 0 amide bonds. The molecule has 0 spiro atoms. The first-order chi connectivity index (χ1) is 19.3. The molecule has 210 valence electrons. The van der Waals surface area contributed by atoms with E-state index in [1.165, 1.54) is 17.2 Å². The average molecular weight is 541 g/mol. The highest BCUT2D eigenvalue weighted by Crippen LogP contribution is 2.26. The molecular weight excluding hydrogens is 499 g/mol. The second kappa shape index (κ2) is 13.3. The number of nitrogens with zero attached hydrogens (tertiary/aromatic N) is 3. The molecule has 0 saturated carbocycles. The summed E-state index contributed by atoms with van der Waals surface area (Å²) in [4.78, 5) is 6.88. The van der Waals surface area contributed by atoms with Crippen molar-refractivity contribution in [1.82, 2.24) is 15.2 Å². The lowest BCUT2D eigenvalue weighted by Crippen LogP contribution is -2.43. The second-order valence-electron chi connectivity index (χ2n) is 10.2. The molecule has 1 unspecified atom stereocenters. The minimum absolute atomic E-state index is 0.173. The summed E-state index contributed by atoms with van der Waals surface area (Å²) >= 11 is 0. The van der Waals surface area contributed by atoms with Crippen molar-refractivity contribution < 1.29 is 4.39 Å². The number of hydrogen-bond donors (Lipinski definition) is 3. The predicted molar refractivity (Wildman–Crippen MR) is 167 cm³/mol. The Morgan fingerprint density at radius 3 is 2.62 bits per heavy atom. The standard InChI is InChI=1S/C33H41FN6/c1-7-24(4)33(38-26(6)37-29-12-13-30(34)32(21-29)39-18-15-35-16-19-39)40-17-14-28(22-40)25(5)36-31(8-2)27-11-9-10-23(3)20-27/h7,9-14,17,20-22,31,35-37H,5-6,8,15-16,18-19H2,1-4H3/b24-7-,38-33?. The highest BCUT2D eigenvalue weighted by Gasteiger charge is 2.16. The molecule has 2 aromatic carbocycles. The summed E-state index contributed by atoms with van der Waals surface area (Å²) in [5.41, 5.74) is 6.66. The number of hydrogen-bond acceptors (Lipinski definition) is 5. The normalized spacial score (nSPS) is 15.1. The predicted octanol–water partition coefficient (Wildman–Crippen LogP) is 6.85. The lowest BCUT2D eigenvalue weighted by molar-refractivity contribution is 0.566. The summed E-state index contributed by atoms with van der Waals surface area (Å²) in [5, 5.41) is 10.2. The van der Waals surface area contributed by atoms with Crippen LogP contribution in [0.4, 0.5) is 15.8 Å². The molecule has 6 nitrogen and oxygen atoms in total. The van der Waals surface area contributed by atoms with Gasteiger partial charge in [-0.25, -0.2) is 9.38 Å². The Hall–Kier alpha value is -4.10. The highest BCUT2D eigenvalue weighted by molar-refractivity contribution is 6.00. The largest absolute Gasteiger partial charge is 0.378 e. The molecule has 3 aromatic rings. The molecule has 40 heavy (non-hydrogen) atoms. The quantitative estimate of drug-likeness (QED) is 0.194. The number of aryl methyl sites for hydroxylation is 1. The van der Waals surface area contributed by atoms with Crippen LogP contribution in [0, 0.1) is 12.7 Å². The Balaban J connectivity index is 1.51. The van der Waals surface area contributed by atoms with E-state index in [9.17, 15) is 4.39 Å². The molecule has 1 aliphatic rings. The number of benzene rings is 2. The molecule has 4 rings (SSSR count). The number of halogens is 1. The third-order valence-corrected chi connectivity index (χ3v) is 7.21. The van der Waals surface area contributed by atoms with Gasteiger partial charge in [-0.1, -0.05) is 56.0 Å². The van der Waals surface area contributed by atoms with Crippen LogP contribution in [0.15, 0.2) is 96.5 Å². The molecule has 0 aliphatic carbocycles. The van der Waals surface area contributed by atoms with Crippen LogP contribution in [0.3, 0.4) is 0 Å². The van der Waals surface area contributed by atoms with Gasteiger partial charge in [0, 0.05) is 55.5 Å². The fraction of sp³-hybridized carbons (Fsp3) is 0.303. The van der Waals surface area contributed by atoms with Gasteiger partial charge in [0.05, 0.1) is 11.7 Å².